The van der Waals surface area contributed by atoms with Crippen molar-refractivity contribution in [3.63, 3.8) is 0 Å². The van der Waals surface area contributed by atoms with Crippen LogP contribution in [-0.2, 0) is 20.1 Å². The van der Waals surface area contributed by atoms with Crippen LogP contribution in [0.1, 0.15) is 26.5 Å². The van der Waals surface area contributed by atoms with Gasteiger partial charge in [-0.3, -0.25) is 14.4 Å². The van der Waals surface area contributed by atoms with Crippen LogP contribution in [0, 0.1) is 5.82 Å². The molecule has 0 atom stereocenters. The maximum absolute atomic E-state index is 13.2. The van der Waals surface area contributed by atoms with Gasteiger partial charge in [0.15, 0.2) is 17.1 Å². The van der Waals surface area contributed by atoms with Gasteiger partial charge in [0, 0.05) is 40.8 Å². The molecule has 0 fully saturated rings. The van der Waals surface area contributed by atoms with E-state index < -0.39 is 23.1 Å². The highest BCUT2D eigenvalue weighted by molar-refractivity contribution is 6.10. The Bertz CT molecular complexity index is 1240. The second kappa shape index (κ2) is 6.97. The number of hydrogen-bond acceptors (Lipinski definition) is 5. The minimum atomic E-state index is -0.599. The number of benzene rings is 1. The molecule has 10 heteroatoms. The van der Waals surface area contributed by atoms with E-state index in [2.05, 4.69) is 5.10 Å². The van der Waals surface area contributed by atoms with Crippen LogP contribution >= 0.6 is 0 Å². The molecule has 156 valence electrons. The summed E-state index contributed by atoms with van der Waals surface area (Å²) >= 11 is 0. The summed E-state index contributed by atoms with van der Waals surface area (Å²) in [6.45, 7) is 0.777. The average molecular weight is 413 g/mol. The lowest BCUT2D eigenvalue weighted by atomic mass is 10.2. The van der Waals surface area contributed by atoms with Crippen molar-refractivity contribution in [2.75, 3.05) is 20.6 Å². The van der Waals surface area contributed by atoms with Crippen LogP contribution in [-0.4, -0.2) is 61.7 Å². The number of amides is 2. The third-order valence-electron chi connectivity index (χ3n) is 5.20. The van der Waals surface area contributed by atoms with Gasteiger partial charge in [0.05, 0.1) is 5.52 Å². The molecule has 2 aromatic heterocycles. The topological polar surface area (TPSA) is 101 Å². The Labute approximate surface area is 170 Å². The first-order valence-corrected chi connectivity index (χ1v) is 9.28. The summed E-state index contributed by atoms with van der Waals surface area (Å²) in [4.78, 5) is 41.3. The van der Waals surface area contributed by atoms with Gasteiger partial charge in [-0.25, -0.2) is 9.07 Å². The first-order chi connectivity index (χ1) is 14.2. The number of aromatic nitrogens is 3. The summed E-state index contributed by atoms with van der Waals surface area (Å²) < 4.78 is 15.6. The van der Waals surface area contributed by atoms with Gasteiger partial charge >= 0.3 is 0 Å². The molecule has 0 bridgehead atoms. The monoisotopic (exact) mass is 413 g/mol. The number of carbonyl (C=O) groups excluding carboxylic acids is 2. The number of rotatable bonds is 3. The van der Waals surface area contributed by atoms with Crippen molar-refractivity contribution in [3.05, 3.63) is 57.4 Å². The number of hydrogen-bond donors (Lipinski definition) is 1. The van der Waals surface area contributed by atoms with E-state index >= 15 is 0 Å². The minimum absolute atomic E-state index is 0.0153. The number of aromatic hydroxyl groups is 1. The molecule has 4 rings (SSSR count). The predicted octanol–water partition coefficient (Wildman–Crippen LogP) is 0.938. The Hall–Kier alpha value is -3.69. The second-order valence-corrected chi connectivity index (χ2v) is 7.40. The van der Waals surface area contributed by atoms with Gasteiger partial charge in [-0.15, -0.1) is 0 Å². The Morgan fingerprint density at radius 2 is 1.87 bits per heavy atom. The summed E-state index contributed by atoms with van der Waals surface area (Å²) in [6.07, 6.45) is 0. The maximum Gasteiger partial charge on any atom is 0.279 e. The molecule has 0 unspecified atom stereocenters. The molecule has 1 aliphatic heterocycles. The fourth-order valence-electron chi connectivity index (χ4n) is 3.69. The number of nitrogens with zero attached hydrogens (tertiary/aromatic N) is 5. The normalized spacial score (nSPS) is 13.6. The van der Waals surface area contributed by atoms with Crippen LogP contribution in [0.5, 0.6) is 5.75 Å². The van der Waals surface area contributed by atoms with Crippen molar-refractivity contribution in [1.82, 2.24) is 24.1 Å². The number of halogens is 1. The van der Waals surface area contributed by atoms with E-state index in [-0.39, 0.29) is 47.7 Å². The van der Waals surface area contributed by atoms with Gasteiger partial charge in [0.1, 0.15) is 11.2 Å². The van der Waals surface area contributed by atoms with E-state index in [0.29, 0.717) is 0 Å². The maximum atomic E-state index is 13.2. The molecule has 0 saturated heterocycles. The summed E-state index contributed by atoms with van der Waals surface area (Å²) in [5.74, 6) is -1.76. The largest absolute Gasteiger partial charge is 0.505 e. The van der Waals surface area contributed by atoms with Crippen molar-refractivity contribution in [2.24, 2.45) is 7.05 Å². The summed E-state index contributed by atoms with van der Waals surface area (Å²) in [6, 6.07) is 5.79. The summed E-state index contributed by atoms with van der Waals surface area (Å²) in [5, 5.41) is 14.8. The molecular formula is C20H20FN5O4. The minimum Gasteiger partial charge on any atom is -0.505 e. The SMILES string of the molecule is CN(C)C(=O)c1nn(C)c(=O)c2c(O)c3n(c12)CCN(Cc1ccc(F)cc1)C3=O. The first-order valence-electron chi connectivity index (χ1n) is 9.28. The molecule has 30 heavy (non-hydrogen) atoms. The molecule has 2 amide bonds. The van der Waals surface area contributed by atoms with Crippen LogP contribution in [0.25, 0.3) is 10.9 Å². The molecule has 9 nitrogen and oxygen atoms in total. The molecule has 1 aliphatic rings. The zero-order valence-electron chi connectivity index (χ0n) is 16.7. The second-order valence-electron chi connectivity index (χ2n) is 7.40. The van der Waals surface area contributed by atoms with Crippen LogP contribution in [0.4, 0.5) is 4.39 Å². The molecule has 0 saturated carbocycles. The first kappa shape index (κ1) is 19.6. The summed E-state index contributed by atoms with van der Waals surface area (Å²) in [7, 11) is 4.49. The fraction of sp³-hybridized carbons (Fsp3) is 0.300. The highest BCUT2D eigenvalue weighted by Crippen LogP contribution is 2.34. The van der Waals surface area contributed by atoms with E-state index in [9.17, 15) is 23.9 Å². The fourth-order valence-corrected chi connectivity index (χ4v) is 3.69. The molecule has 1 N–H and O–H groups in total. The van der Waals surface area contributed by atoms with Crippen molar-refractivity contribution in [3.8, 4) is 5.75 Å². The van der Waals surface area contributed by atoms with Crippen LogP contribution in [0.15, 0.2) is 29.1 Å². The molecular weight excluding hydrogens is 393 g/mol. The summed E-state index contributed by atoms with van der Waals surface area (Å²) in [5.41, 5.74) is 0.209. The van der Waals surface area contributed by atoms with Gasteiger partial charge in [0.2, 0.25) is 0 Å². The van der Waals surface area contributed by atoms with Gasteiger partial charge in [-0.05, 0) is 17.7 Å². The highest BCUT2D eigenvalue weighted by atomic mass is 19.1. The van der Waals surface area contributed by atoms with E-state index in [1.807, 2.05) is 0 Å². The zero-order chi connectivity index (χ0) is 21.7. The van der Waals surface area contributed by atoms with Crippen LogP contribution < -0.4 is 5.56 Å². The smallest absolute Gasteiger partial charge is 0.279 e. The van der Waals surface area contributed by atoms with Crippen molar-refractivity contribution < 1.29 is 19.1 Å². The third-order valence-corrected chi connectivity index (χ3v) is 5.20. The van der Waals surface area contributed by atoms with E-state index in [0.717, 1.165) is 10.2 Å². The molecule has 0 radical (unpaired) electrons. The van der Waals surface area contributed by atoms with Crippen molar-refractivity contribution in [1.29, 1.82) is 0 Å². The Morgan fingerprint density at radius 3 is 2.50 bits per heavy atom. The van der Waals surface area contributed by atoms with Gasteiger partial charge in [-0.2, -0.15) is 5.10 Å². The zero-order valence-corrected chi connectivity index (χ0v) is 16.7. The average Bonchev–Trinajstić information content (AvgIpc) is 3.01. The molecule has 3 heterocycles. The van der Waals surface area contributed by atoms with E-state index in [1.165, 1.54) is 33.5 Å². The Balaban J connectivity index is 1.86. The highest BCUT2D eigenvalue weighted by Gasteiger charge is 2.35. The number of fused-ring (bicyclic) bond motifs is 3. The van der Waals surface area contributed by atoms with Gasteiger partial charge in [0.25, 0.3) is 17.4 Å². The van der Waals surface area contributed by atoms with Crippen molar-refractivity contribution >= 4 is 22.7 Å². The van der Waals surface area contributed by atoms with E-state index in [4.69, 9.17) is 0 Å². The quantitative estimate of drug-likeness (QED) is 0.689. The predicted molar refractivity (Wildman–Crippen MR) is 106 cm³/mol. The molecule has 0 spiro atoms. The van der Waals surface area contributed by atoms with Crippen LogP contribution in [0.2, 0.25) is 0 Å². The molecule has 1 aromatic carbocycles. The van der Waals surface area contributed by atoms with E-state index in [1.54, 1.807) is 26.2 Å². The van der Waals surface area contributed by atoms with Gasteiger partial charge < -0.3 is 19.5 Å². The van der Waals surface area contributed by atoms with Crippen LogP contribution in [0.3, 0.4) is 0 Å². The Morgan fingerprint density at radius 1 is 1.20 bits per heavy atom. The lowest BCUT2D eigenvalue weighted by Crippen LogP contribution is -2.39. The lowest BCUT2D eigenvalue weighted by molar-refractivity contribution is 0.0687. The standard InChI is InChI=1S/C20H20FN5O4/c1-23(2)19(29)14-15-13(18(28)24(3)22-14)17(27)16-20(30)25(8-9-26(15)16)10-11-4-6-12(21)7-5-11/h4-7,27H,8-10H2,1-3H3. The molecule has 0 aliphatic carbocycles. The lowest BCUT2D eigenvalue weighted by Gasteiger charge is -2.29. The van der Waals surface area contributed by atoms with Gasteiger partial charge in [-0.1, -0.05) is 12.1 Å². The number of carbonyl (C=O) groups is 2. The Kier molecular flexibility index (Phi) is 4.56. The van der Waals surface area contributed by atoms with Crippen molar-refractivity contribution in [2.45, 2.75) is 13.1 Å². The molecule has 3 aromatic rings. The third kappa shape index (κ3) is 2.92. The number of aryl methyl sites for hydroxylation is 1.